The van der Waals surface area contributed by atoms with E-state index >= 15 is 0 Å². The summed E-state index contributed by atoms with van der Waals surface area (Å²) in [7, 11) is 0. The zero-order valence-corrected chi connectivity index (χ0v) is 17.9. The van der Waals surface area contributed by atoms with Crippen molar-refractivity contribution in [1.29, 1.82) is 0 Å². The highest BCUT2D eigenvalue weighted by Crippen LogP contribution is 2.38. The Labute approximate surface area is 178 Å². The summed E-state index contributed by atoms with van der Waals surface area (Å²) in [6.07, 6.45) is -0.294. The molecule has 0 aliphatic carbocycles. The molecule has 4 nitrogen and oxygen atoms in total. The zero-order chi connectivity index (χ0) is 19.7. The molecule has 1 amide bonds. The molecule has 0 aromatic heterocycles. The lowest BCUT2D eigenvalue weighted by Gasteiger charge is -2.38. The molecule has 3 aromatic rings. The van der Waals surface area contributed by atoms with Crippen molar-refractivity contribution < 1.29 is 9.53 Å². The van der Waals surface area contributed by atoms with Crippen molar-refractivity contribution in [1.82, 2.24) is 0 Å². The number of hydrogen-bond acceptors (Lipinski definition) is 3. The lowest BCUT2D eigenvalue weighted by Crippen LogP contribution is -2.43. The predicted octanol–water partition coefficient (Wildman–Crippen LogP) is 5.77. The van der Waals surface area contributed by atoms with Crippen LogP contribution in [0.2, 0.25) is 0 Å². The summed E-state index contributed by atoms with van der Waals surface area (Å²) in [5.41, 5.74) is 4.56. The van der Waals surface area contributed by atoms with Gasteiger partial charge in [0.1, 0.15) is 11.9 Å². The third kappa shape index (κ3) is 3.58. The molecule has 4 rings (SSSR count). The van der Waals surface area contributed by atoms with E-state index in [9.17, 15) is 4.79 Å². The van der Waals surface area contributed by atoms with Crippen molar-refractivity contribution in [2.45, 2.75) is 20.0 Å². The van der Waals surface area contributed by atoms with Gasteiger partial charge in [-0.15, -0.1) is 0 Å². The fraction of sp³-hybridized carbons (Fsp3) is 0.174. The minimum atomic E-state index is -0.294. The number of halogens is 1. The van der Waals surface area contributed by atoms with Gasteiger partial charge in [-0.05, 0) is 72.3 Å². The fourth-order valence-corrected chi connectivity index (χ4v) is 3.91. The predicted molar refractivity (Wildman–Crippen MR) is 121 cm³/mol. The van der Waals surface area contributed by atoms with Gasteiger partial charge in [-0.3, -0.25) is 9.69 Å². The van der Waals surface area contributed by atoms with Crippen LogP contribution in [0.5, 0.6) is 5.75 Å². The number of anilines is 2. The van der Waals surface area contributed by atoms with Crippen LogP contribution in [0, 0.1) is 10.5 Å². The van der Waals surface area contributed by atoms with Crippen molar-refractivity contribution in [2.75, 3.05) is 16.8 Å². The first-order valence-electron chi connectivity index (χ1n) is 9.26. The molecule has 5 heteroatoms. The second-order valence-electron chi connectivity index (χ2n) is 6.75. The molecule has 1 atom stereocenters. The van der Waals surface area contributed by atoms with Crippen LogP contribution in [0.3, 0.4) is 0 Å². The van der Waals surface area contributed by atoms with E-state index in [0.717, 1.165) is 26.3 Å². The average molecular weight is 484 g/mol. The number of carbonyl (C=O) groups is 1. The Hall–Kier alpha value is -2.54. The normalized spacial score (nSPS) is 15.8. The van der Waals surface area contributed by atoms with Crippen molar-refractivity contribution >= 4 is 39.9 Å². The van der Waals surface area contributed by atoms with Crippen molar-refractivity contribution in [3.05, 3.63) is 87.0 Å². The lowest BCUT2D eigenvalue weighted by molar-refractivity contribution is 0.0975. The van der Waals surface area contributed by atoms with E-state index in [2.05, 4.69) is 59.1 Å². The summed E-state index contributed by atoms with van der Waals surface area (Å²) >= 11 is 2.24. The minimum Gasteiger partial charge on any atom is -0.494 e. The van der Waals surface area contributed by atoms with E-state index in [1.165, 1.54) is 5.56 Å². The number of carbonyl (C=O) groups excluding carboxylic acids is 1. The van der Waals surface area contributed by atoms with Crippen molar-refractivity contribution in [3.63, 3.8) is 0 Å². The fourth-order valence-electron chi connectivity index (χ4n) is 3.42. The van der Waals surface area contributed by atoms with Crippen molar-refractivity contribution in [3.8, 4) is 5.75 Å². The van der Waals surface area contributed by atoms with Gasteiger partial charge in [-0.1, -0.05) is 35.9 Å². The topological polar surface area (TPSA) is 41.6 Å². The Morgan fingerprint density at radius 2 is 1.86 bits per heavy atom. The standard InChI is InChI=1S/C23H21IN2O2/c1-3-28-19-6-4-5-18(14-19)26-22(16-9-7-15(2)8-10-16)25-21-12-11-17(24)13-20(21)23(26)27/h4-14,22,25H,3H2,1-2H3. The molecule has 0 saturated heterocycles. The Balaban J connectivity index is 1.84. The van der Waals surface area contributed by atoms with Crippen LogP contribution >= 0.6 is 22.6 Å². The number of rotatable bonds is 4. The second kappa shape index (κ2) is 7.83. The Morgan fingerprint density at radius 3 is 2.61 bits per heavy atom. The number of amides is 1. The molecule has 1 aliphatic heterocycles. The number of nitrogens with zero attached hydrogens (tertiary/aromatic N) is 1. The third-order valence-corrected chi connectivity index (χ3v) is 5.45. The number of hydrogen-bond donors (Lipinski definition) is 1. The van der Waals surface area contributed by atoms with Crippen LogP contribution in [-0.2, 0) is 0 Å². The smallest absolute Gasteiger partial charge is 0.262 e. The van der Waals surface area contributed by atoms with Gasteiger partial charge in [0, 0.05) is 15.3 Å². The highest BCUT2D eigenvalue weighted by molar-refractivity contribution is 14.1. The summed E-state index contributed by atoms with van der Waals surface area (Å²) in [6, 6.07) is 21.9. The monoisotopic (exact) mass is 484 g/mol. The molecule has 28 heavy (non-hydrogen) atoms. The molecule has 1 unspecified atom stereocenters. The van der Waals surface area contributed by atoms with Crippen LogP contribution in [-0.4, -0.2) is 12.5 Å². The van der Waals surface area contributed by atoms with E-state index in [1.807, 2.05) is 54.3 Å². The van der Waals surface area contributed by atoms with Gasteiger partial charge in [0.25, 0.3) is 5.91 Å². The van der Waals surface area contributed by atoms with Gasteiger partial charge in [0.15, 0.2) is 0 Å². The van der Waals surface area contributed by atoms with Crippen LogP contribution in [0.4, 0.5) is 11.4 Å². The quantitative estimate of drug-likeness (QED) is 0.479. The number of ether oxygens (including phenoxy) is 1. The van der Waals surface area contributed by atoms with Gasteiger partial charge >= 0.3 is 0 Å². The molecular formula is C23H21IN2O2. The molecule has 3 aromatic carbocycles. The highest BCUT2D eigenvalue weighted by atomic mass is 127. The van der Waals surface area contributed by atoms with Crippen LogP contribution in [0.1, 0.15) is 34.6 Å². The maximum absolute atomic E-state index is 13.5. The Bertz CT molecular complexity index is 1020. The first kappa shape index (κ1) is 18.8. The van der Waals surface area contributed by atoms with E-state index in [1.54, 1.807) is 0 Å². The van der Waals surface area contributed by atoms with Crippen LogP contribution < -0.4 is 15.0 Å². The van der Waals surface area contributed by atoms with E-state index < -0.39 is 0 Å². The Kier molecular flexibility index (Phi) is 5.26. The van der Waals surface area contributed by atoms with Gasteiger partial charge in [-0.25, -0.2) is 0 Å². The molecule has 0 saturated carbocycles. The first-order valence-corrected chi connectivity index (χ1v) is 10.3. The largest absolute Gasteiger partial charge is 0.494 e. The maximum atomic E-state index is 13.5. The van der Waals surface area contributed by atoms with Gasteiger partial charge in [0.2, 0.25) is 0 Å². The van der Waals surface area contributed by atoms with Crippen molar-refractivity contribution in [2.24, 2.45) is 0 Å². The number of aryl methyl sites for hydroxylation is 1. The molecule has 1 N–H and O–H groups in total. The van der Waals surface area contributed by atoms with E-state index in [0.29, 0.717) is 12.2 Å². The molecule has 0 radical (unpaired) electrons. The van der Waals surface area contributed by atoms with Gasteiger partial charge in [-0.2, -0.15) is 0 Å². The third-order valence-electron chi connectivity index (χ3n) is 4.78. The van der Waals surface area contributed by atoms with Crippen LogP contribution in [0.15, 0.2) is 66.7 Å². The molecule has 1 heterocycles. The maximum Gasteiger partial charge on any atom is 0.262 e. The first-order chi connectivity index (χ1) is 13.6. The number of benzene rings is 3. The summed E-state index contributed by atoms with van der Waals surface area (Å²) in [6.45, 7) is 4.59. The summed E-state index contributed by atoms with van der Waals surface area (Å²) in [5, 5.41) is 3.55. The summed E-state index contributed by atoms with van der Waals surface area (Å²) < 4.78 is 6.69. The lowest BCUT2D eigenvalue weighted by atomic mass is 10.0. The molecule has 1 aliphatic rings. The highest BCUT2D eigenvalue weighted by Gasteiger charge is 2.34. The second-order valence-corrected chi connectivity index (χ2v) is 8.00. The van der Waals surface area contributed by atoms with E-state index in [4.69, 9.17) is 4.74 Å². The molecule has 0 fully saturated rings. The van der Waals surface area contributed by atoms with E-state index in [-0.39, 0.29) is 12.1 Å². The number of fused-ring (bicyclic) bond motifs is 1. The zero-order valence-electron chi connectivity index (χ0n) is 15.8. The Morgan fingerprint density at radius 1 is 1.07 bits per heavy atom. The number of nitrogens with one attached hydrogen (secondary N) is 1. The summed E-state index contributed by atoms with van der Waals surface area (Å²) in [5.74, 6) is 0.732. The SMILES string of the molecule is CCOc1cccc(N2C(=O)c3cc(I)ccc3NC2c2ccc(C)cc2)c1. The van der Waals surface area contributed by atoms with Gasteiger partial charge in [0.05, 0.1) is 17.9 Å². The molecule has 0 spiro atoms. The minimum absolute atomic E-state index is 0.0218. The average Bonchev–Trinajstić information content (AvgIpc) is 2.69. The molecular weight excluding hydrogens is 463 g/mol. The van der Waals surface area contributed by atoms with Crippen LogP contribution in [0.25, 0.3) is 0 Å². The molecule has 0 bridgehead atoms. The molecule has 142 valence electrons. The van der Waals surface area contributed by atoms with Gasteiger partial charge < -0.3 is 10.1 Å². The summed E-state index contributed by atoms with van der Waals surface area (Å²) in [4.78, 5) is 15.3.